The average molecular weight is 441 g/mol. The lowest BCUT2D eigenvalue weighted by atomic mass is 9.98. The molecule has 1 aromatic carbocycles. The summed E-state index contributed by atoms with van der Waals surface area (Å²) in [6, 6.07) is 10.3. The van der Waals surface area contributed by atoms with E-state index in [4.69, 9.17) is 0 Å². The second-order valence-corrected chi connectivity index (χ2v) is 8.75. The first-order valence-electron chi connectivity index (χ1n) is 10.2. The molecule has 2 aromatic rings. The number of piperazine rings is 1. The molecular weight excluding hydrogens is 416 g/mol. The van der Waals surface area contributed by atoms with Gasteiger partial charge in [0.2, 0.25) is 11.8 Å². The van der Waals surface area contributed by atoms with Gasteiger partial charge in [0.25, 0.3) is 5.91 Å². The van der Waals surface area contributed by atoms with E-state index in [0.717, 1.165) is 16.0 Å². The SMILES string of the molecule is CN1CCN(C(=O)CC[C@@H]2NC(=O)NC2=O)[C@@H](Cc2cccc(-c3cccs3)c2)C1=O. The second kappa shape index (κ2) is 8.89. The molecule has 0 saturated carbocycles. The van der Waals surface area contributed by atoms with Crippen LogP contribution in [0.2, 0.25) is 0 Å². The first kappa shape index (κ1) is 21.0. The molecule has 9 heteroatoms. The third-order valence-electron chi connectivity index (χ3n) is 5.70. The summed E-state index contributed by atoms with van der Waals surface area (Å²) >= 11 is 1.65. The van der Waals surface area contributed by atoms with Gasteiger partial charge < -0.3 is 15.1 Å². The molecule has 2 fully saturated rings. The monoisotopic (exact) mass is 440 g/mol. The Kier molecular flexibility index (Phi) is 6.03. The lowest BCUT2D eigenvalue weighted by molar-refractivity contribution is -0.150. The summed E-state index contributed by atoms with van der Waals surface area (Å²) in [4.78, 5) is 53.3. The van der Waals surface area contributed by atoms with E-state index in [9.17, 15) is 19.2 Å². The van der Waals surface area contributed by atoms with E-state index in [1.54, 1.807) is 28.2 Å². The van der Waals surface area contributed by atoms with Crippen LogP contribution in [0.4, 0.5) is 4.79 Å². The van der Waals surface area contributed by atoms with Gasteiger partial charge in [-0.3, -0.25) is 19.7 Å². The highest BCUT2D eigenvalue weighted by atomic mass is 32.1. The molecule has 1 aromatic heterocycles. The number of hydrogen-bond donors (Lipinski definition) is 2. The van der Waals surface area contributed by atoms with Crippen molar-refractivity contribution in [1.29, 1.82) is 0 Å². The standard InChI is InChI=1S/C22H24N4O4S/c1-25-9-10-26(19(27)8-7-16-20(28)24-22(30)23-16)17(21(25)29)13-14-4-2-5-15(12-14)18-6-3-11-31-18/h2-6,11-12,16-17H,7-10,13H2,1H3,(H2,23,24,28,30)/t16-,17-/m0/s1. The Morgan fingerprint density at radius 2 is 2.00 bits per heavy atom. The minimum atomic E-state index is -0.708. The average Bonchev–Trinajstić information content (AvgIpc) is 3.39. The Labute approximate surface area is 184 Å². The lowest BCUT2D eigenvalue weighted by Gasteiger charge is -2.39. The van der Waals surface area contributed by atoms with Crippen LogP contribution in [0.25, 0.3) is 10.4 Å². The molecule has 0 aliphatic carbocycles. The van der Waals surface area contributed by atoms with Gasteiger partial charge in [-0.25, -0.2) is 4.79 Å². The fourth-order valence-corrected chi connectivity index (χ4v) is 4.72. The minimum Gasteiger partial charge on any atom is -0.342 e. The molecule has 4 rings (SSSR count). The molecule has 31 heavy (non-hydrogen) atoms. The fraction of sp³-hybridized carbons (Fsp3) is 0.364. The number of nitrogens with zero attached hydrogens (tertiary/aromatic N) is 2. The third kappa shape index (κ3) is 4.61. The Bertz CT molecular complexity index is 1010. The number of urea groups is 1. The molecule has 0 unspecified atom stereocenters. The Balaban J connectivity index is 1.47. The van der Waals surface area contributed by atoms with Crippen LogP contribution in [0.5, 0.6) is 0 Å². The summed E-state index contributed by atoms with van der Waals surface area (Å²) in [5.41, 5.74) is 2.07. The first-order chi connectivity index (χ1) is 14.9. The fourth-order valence-electron chi connectivity index (χ4n) is 4.00. The predicted octanol–water partition coefficient (Wildman–Crippen LogP) is 1.62. The first-order valence-corrected chi connectivity index (χ1v) is 11.1. The zero-order valence-electron chi connectivity index (χ0n) is 17.2. The van der Waals surface area contributed by atoms with E-state index in [1.165, 1.54) is 0 Å². The van der Waals surface area contributed by atoms with Crippen molar-refractivity contribution in [2.75, 3.05) is 20.1 Å². The van der Waals surface area contributed by atoms with Gasteiger partial charge in [-0.15, -0.1) is 11.3 Å². The predicted molar refractivity (Wildman–Crippen MR) is 116 cm³/mol. The van der Waals surface area contributed by atoms with E-state index in [-0.39, 0.29) is 24.7 Å². The molecule has 2 aliphatic heterocycles. The van der Waals surface area contributed by atoms with Gasteiger partial charge in [-0.05, 0) is 29.0 Å². The summed E-state index contributed by atoms with van der Waals surface area (Å²) in [5.74, 6) is -0.697. The van der Waals surface area contributed by atoms with Crippen LogP contribution in [0.1, 0.15) is 18.4 Å². The van der Waals surface area contributed by atoms with E-state index in [1.807, 2.05) is 29.6 Å². The van der Waals surface area contributed by atoms with Gasteiger partial charge in [0, 0.05) is 37.9 Å². The number of nitrogens with one attached hydrogen (secondary N) is 2. The molecule has 8 nitrogen and oxygen atoms in total. The van der Waals surface area contributed by atoms with Gasteiger partial charge in [0.15, 0.2) is 0 Å². The van der Waals surface area contributed by atoms with Crippen LogP contribution in [0, 0.1) is 0 Å². The van der Waals surface area contributed by atoms with Crippen LogP contribution in [0.3, 0.4) is 0 Å². The number of carbonyl (C=O) groups is 4. The van der Waals surface area contributed by atoms with E-state index in [0.29, 0.717) is 19.5 Å². The molecule has 0 bridgehead atoms. The van der Waals surface area contributed by atoms with Crippen LogP contribution < -0.4 is 10.6 Å². The number of carbonyl (C=O) groups excluding carboxylic acids is 4. The number of imide groups is 1. The molecule has 2 atom stereocenters. The van der Waals surface area contributed by atoms with Crippen LogP contribution >= 0.6 is 11.3 Å². The van der Waals surface area contributed by atoms with E-state index >= 15 is 0 Å². The van der Waals surface area contributed by atoms with Gasteiger partial charge in [-0.1, -0.05) is 30.3 Å². The maximum absolute atomic E-state index is 13.0. The Morgan fingerprint density at radius 1 is 1.16 bits per heavy atom. The quantitative estimate of drug-likeness (QED) is 0.667. The molecule has 0 spiro atoms. The number of thiophene rings is 1. The van der Waals surface area contributed by atoms with Crippen molar-refractivity contribution < 1.29 is 19.2 Å². The topological polar surface area (TPSA) is 98.8 Å². The smallest absolute Gasteiger partial charge is 0.322 e. The van der Waals surface area contributed by atoms with Gasteiger partial charge in [0.05, 0.1) is 0 Å². The Morgan fingerprint density at radius 3 is 2.71 bits per heavy atom. The number of likely N-dealkylation sites (N-methyl/N-ethyl adjacent to an activating group) is 1. The summed E-state index contributed by atoms with van der Waals surface area (Å²) in [6.07, 6.45) is 0.716. The summed E-state index contributed by atoms with van der Waals surface area (Å²) in [7, 11) is 1.75. The van der Waals surface area contributed by atoms with Crippen molar-refractivity contribution >= 4 is 35.1 Å². The summed E-state index contributed by atoms with van der Waals surface area (Å²) in [5, 5.41) is 6.69. The summed E-state index contributed by atoms with van der Waals surface area (Å²) < 4.78 is 0. The number of benzene rings is 1. The lowest BCUT2D eigenvalue weighted by Crippen LogP contribution is -2.58. The van der Waals surface area contributed by atoms with Crippen molar-refractivity contribution in [3.05, 3.63) is 47.3 Å². The normalized spacial score (nSPS) is 21.3. The second-order valence-electron chi connectivity index (χ2n) is 7.80. The summed E-state index contributed by atoms with van der Waals surface area (Å²) in [6.45, 7) is 0.913. The van der Waals surface area contributed by atoms with Crippen LogP contribution in [0.15, 0.2) is 41.8 Å². The van der Waals surface area contributed by atoms with Crippen molar-refractivity contribution in [3.8, 4) is 10.4 Å². The minimum absolute atomic E-state index is 0.0844. The number of amides is 5. The number of hydrogen-bond acceptors (Lipinski definition) is 5. The maximum Gasteiger partial charge on any atom is 0.322 e. The van der Waals surface area contributed by atoms with E-state index in [2.05, 4.69) is 22.8 Å². The zero-order valence-corrected chi connectivity index (χ0v) is 18.0. The van der Waals surface area contributed by atoms with Crippen molar-refractivity contribution in [2.45, 2.75) is 31.3 Å². The molecule has 162 valence electrons. The molecule has 3 heterocycles. The number of rotatable bonds is 6. The largest absolute Gasteiger partial charge is 0.342 e. The highest BCUT2D eigenvalue weighted by molar-refractivity contribution is 7.13. The molecule has 2 aliphatic rings. The van der Waals surface area contributed by atoms with Gasteiger partial charge >= 0.3 is 6.03 Å². The molecule has 2 N–H and O–H groups in total. The van der Waals surface area contributed by atoms with Crippen molar-refractivity contribution in [1.82, 2.24) is 20.4 Å². The maximum atomic E-state index is 13.0. The zero-order chi connectivity index (χ0) is 22.0. The van der Waals surface area contributed by atoms with Crippen LogP contribution in [-0.4, -0.2) is 65.8 Å². The van der Waals surface area contributed by atoms with Gasteiger partial charge in [0.1, 0.15) is 12.1 Å². The molecule has 5 amide bonds. The van der Waals surface area contributed by atoms with Gasteiger partial charge in [-0.2, -0.15) is 0 Å². The van der Waals surface area contributed by atoms with Crippen molar-refractivity contribution in [3.63, 3.8) is 0 Å². The van der Waals surface area contributed by atoms with E-state index < -0.39 is 24.0 Å². The molecular formula is C22H24N4O4S. The highest BCUT2D eigenvalue weighted by Crippen LogP contribution is 2.26. The molecule has 0 radical (unpaired) electrons. The van der Waals surface area contributed by atoms with Crippen LogP contribution in [-0.2, 0) is 20.8 Å². The third-order valence-corrected chi connectivity index (χ3v) is 6.62. The van der Waals surface area contributed by atoms with Crippen molar-refractivity contribution in [2.24, 2.45) is 0 Å². The Hall–Kier alpha value is -3.20. The highest BCUT2D eigenvalue weighted by Gasteiger charge is 2.37. The molecule has 2 saturated heterocycles.